The summed E-state index contributed by atoms with van der Waals surface area (Å²) in [5.74, 6) is 0.881. The smallest absolute Gasteiger partial charge is 0.350 e. The molecule has 0 radical (unpaired) electrons. The molecule has 0 amide bonds. The summed E-state index contributed by atoms with van der Waals surface area (Å²) >= 11 is 12.3. The molecule has 0 unspecified atom stereocenters. The van der Waals surface area contributed by atoms with Gasteiger partial charge in [-0.05, 0) is 87.4 Å². The van der Waals surface area contributed by atoms with Crippen LogP contribution in [0.25, 0.3) is 5.69 Å². The quantitative estimate of drug-likeness (QED) is 0.334. The minimum atomic E-state index is -1.04. The molecule has 42 heavy (non-hydrogen) atoms. The first kappa shape index (κ1) is 33.0. The highest BCUT2D eigenvalue weighted by atomic mass is 35.5. The van der Waals surface area contributed by atoms with Gasteiger partial charge in [-0.25, -0.2) is 14.0 Å². The lowest BCUT2D eigenvalue weighted by Gasteiger charge is -2.37. The third kappa shape index (κ3) is 6.28. The molecule has 1 saturated heterocycles. The van der Waals surface area contributed by atoms with Crippen LogP contribution >= 0.6 is 23.2 Å². The summed E-state index contributed by atoms with van der Waals surface area (Å²) in [5.41, 5.74) is 4.84. The number of aliphatic hydroxyl groups is 1. The molecule has 6 N–H and O–H groups in total. The molecule has 0 saturated carbocycles. The third-order valence-electron chi connectivity index (χ3n) is 7.68. The molecular formula is C30H37Cl2N5O5. The number of aromatic hydroxyl groups is 1. The molecule has 0 aliphatic carbocycles. The Kier molecular flexibility index (Phi) is 10.3. The second-order valence-corrected chi connectivity index (χ2v) is 11.2. The largest absolute Gasteiger partial charge is 0.507 e. The summed E-state index contributed by atoms with van der Waals surface area (Å²) in [6.07, 6.45) is -1.04. The van der Waals surface area contributed by atoms with E-state index in [0.29, 0.717) is 32.9 Å². The van der Waals surface area contributed by atoms with Crippen LogP contribution in [0, 0.1) is 20.8 Å². The minimum Gasteiger partial charge on any atom is -0.507 e. The predicted octanol–water partition coefficient (Wildman–Crippen LogP) is 3.94. The van der Waals surface area contributed by atoms with Crippen LogP contribution in [0.3, 0.4) is 0 Å². The van der Waals surface area contributed by atoms with E-state index >= 15 is 0 Å². The van der Waals surface area contributed by atoms with Crippen molar-refractivity contribution in [2.75, 3.05) is 36.0 Å². The molecule has 1 aliphatic heterocycles. The van der Waals surface area contributed by atoms with Gasteiger partial charge >= 0.3 is 5.69 Å². The first-order valence-corrected chi connectivity index (χ1v) is 14.0. The Bertz CT molecular complexity index is 1570. The molecule has 12 heteroatoms. The number of phenolic OH excluding ortho intramolecular Hbond substituents is 1. The maximum Gasteiger partial charge on any atom is 0.350 e. The number of aromatic nitrogens is 3. The van der Waals surface area contributed by atoms with Crippen LogP contribution in [0.4, 0.5) is 11.4 Å². The molecule has 2 atom stereocenters. The number of aryl methyl sites for hydroxylation is 3. The topological polar surface area (TPSA) is 150 Å². The van der Waals surface area contributed by atoms with Crippen molar-refractivity contribution in [3.63, 3.8) is 0 Å². The van der Waals surface area contributed by atoms with Crippen LogP contribution in [0.1, 0.15) is 41.6 Å². The zero-order valence-corrected chi connectivity index (χ0v) is 25.5. The van der Waals surface area contributed by atoms with Crippen LogP contribution in [-0.2, 0) is 0 Å². The number of hydrogen-bond acceptors (Lipinski definition) is 6. The second kappa shape index (κ2) is 13.2. The molecule has 5 rings (SSSR count). The van der Waals surface area contributed by atoms with E-state index in [-0.39, 0.29) is 16.6 Å². The maximum atomic E-state index is 13.4. The van der Waals surface area contributed by atoms with Gasteiger partial charge in [0.15, 0.2) is 0 Å². The maximum absolute atomic E-state index is 13.4. The summed E-state index contributed by atoms with van der Waals surface area (Å²) in [5, 5.41) is 26.3. The van der Waals surface area contributed by atoms with Crippen LogP contribution < -0.4 is 15.5 Å². The molecule has 2 heterocycles. The fourth-order valence-electron chi connectivity index (χ4n) is 5.33. The van der Waals surface area contributed by atoms with E-state index in [0.717, 1.165) is 48.7 Å². The van der Waals surface area contributed by atoms with Crippen molar-refractivity contribution >= 4 is 34.6 Å². The molecule has 1 aliphatic rings. The van der Waals surface area contributed by atoms with Gasteiger partial charge in [-0.3, -0.25) is 0 Å². The van der Waals surface area contributed by atoms with Gasteiger partial charge in [0.05, 0.1) is 11.7 Å². The van der Waals surface area contributed by atoms with Crippen LogP contribution in [-0.4, -0.2) is 61.7 Å². The first-order valence-electron chi connectivity index (χ1n) is 13.3. The van der Waals surface area contributed by atoms with Gasteiger partial charge in [0.25, 0.3) is 0 Å². The van der Waals surface area contributed by atoms with E-state index in [2.05, 4.69) is 14.9 Å². The van der Waals surface area contributed by atoms with Gasteiger partial charge in [-0.15, -0.1) is 0 Å². The fraction of sp³-hybridized carbons (Fsp3) is 0.333. The minimum absolute atomic E-state index is 0. The molecule has 4 aromatic rings. The van der Waals surface area contributed by atoms with Crippen LogP contribution in [0.15, 0.2) is 59.4 Å². The van der Waals surface area contributed by atoms with Gasteiger partial charge in [0.1, 0.15) is 17.7 Å². The number of halogens is 2. The zero-order valence-electron chi connectivity index (χ0n) is 24.0. The highest BCUT2D eigenvalue weighted by molar-refractivity contribution is 6.35. The van der Waals surface area contributed by atoms with Crippen molar-refractivity contribution < 1.29 is 21.2 Å². The average molecular weight is 619 g/mol. The summed E-state index contributed by atoms with van der Waals surface area (Å²) < 4.78 is 2.84. The molecule has 226 valence electrons. The number of benzene rings is 3. The molecule has 1 fully saturated rings. The lowest BCUT2D eigenvalue weighted by Crippen LogP contribution is -2.46. The lowest BCUT2D eigenvalue weighted by atomic mass is 10.0. The Balaban J connectivity index is 0.00000242. The van der Waals surface area contributed by atoms with Crippen molar-refractivity contribution in [1.29, 1.82) is 0 Å². The molecule has 10 nitrogen and oxygen atoms in total. The standard InChI is InChI=1S/C30H33Cl2N5O3.2H2O/c1-18-15-25(16-19(2)28(18)38)35-13-11-34(12-14-35)23-6-8-24(9-7-23)36-21(4)33-37(30(36)40)20(3)29(39)26-10-5-22(31)17-27(26)32;;/h5-10,15-17,20,29,38-39H,11-14H2,1-4H3;2*1H2/t20-,29+;;/m1../s1. The van der Waals surface area contributed by atoms with Gasteiger partial charge in [-0.2, -0.15) is 5.10 Å². The molecule has 0 bridgehead atoms. The zero-order chi connectivity index (χ0) is 28.7. The number of hydrogen-bond donors (Lipinski definition) is 2. The lowest BCUT2D eigenvalue weighted by molar-refractivity contribution is 0.113. The molecular weight excluding hydrogens is 581 g/mol. The Morgan fingerprint density at radius 2 is 1.33 bits per heavy atom. The number of nitrogens with zero attached hydrogens (tertiary/aromatic N) is 5. The van der Waals surface area contributed by atoms with Crippen molar-refractivity contribution in [3.8, 4) is 11.4 Å². The Morgan fingerprint density at radius 3 is 1.88 bits per heavy atom. The summed E-state index contributed by atoms with van der Waals surface area (Å²) in [6.45, 7) is 10.8. The molecule has 0 spiro atoms. The highest BCUT2D eigenvalue weighted by Crippen LogP contribution is 2.32. The summed E-state index contributed by atoms with van der Waals surface area (Å²) in [6, 6.07) is 16.2. The highest BCUT2D eigenvalue weighted by Gasteiger charge is 2.26. The number of anilines is 2. The van der Waals surface area contributed by atoms with Gasteiger partial charge in [0.2, 0.25) is 0 Å². The van der Waals surface area contributed by atoms with Crippen molar-refractivity contribution in [2.45, 2.75) is 39.8 Å². The number of rotatable bonds is 6. The van der Waals surface area contributed by atoms with Gasteiger partial charge in [-0.1, -0.05) is 29.3 Å². The summed E-state index contributed by atoms with van der Waals surface area (Å²) in [7, 11) is 0. The monoisotopic (exact) mass is 617 g/mol. The normalized spacial score (nSPS) is 14.6. The van der Waals surface area contributed by atoms with E-state index in [1.807, 2.05) is 50.2 Å². The Morgan fingerprint density at radius 1 is 0.810 bits per heavy atom. The number of phenols is 1. The Labute approximate surface area is 254 Å². The van der Waals surface area contributed by atoms with Crippen LogP contribution in [0.5, 0.6) is 5.75 Å². The average Bonchev–Trinajstić information content (AvgIpc) is 3.24. The van der Waals surface area contributed by atoms with Gasteiger partial charge < -0.3 is 31.0 Å². The van der Waals surface area contributed by atoms with E-state index in [1.54, 1.807) is 36.6 Å². The van der Waals surface area contributed by atoms with E-state index in [1.165, 1.54) is 4.68 Å². The van der Waals surface area contributed by atoms with Crippen molar-refractivity contribution in [2.24, 2.45) is 0 Å². The SMILES string of the molecule is Cc1cc(N2CCN(c3ccc(-n4c(C)nn([C@H](C)[C@H](O)c5ccc(Cl)cc5Cl)c4=O)cc3)CC2)cc(C)c1O.O.O. The Hall–Kier alpha value is -3.54. The summed E-state index contributed by atoms with van der Waals surface area (Å²) in [4.78, 5) is 18.1. The van der Waals surface area contributed by atoms with Crippen molar-refractivity contribution in [3.05, 3.63) is 97.6 Å². The van der Waals surface area contributed by atoms with Gasteiger partial charge in [0, 0.05) is 53.2 Å². The molecule has 1 aromatic heterocycles. The van der Waals surface area contributed by atoms with E-state index in [9.17, 15) is 15.0 Å². The fourth-order valence-corrected chi connectivity index (χ4v) is 5.85. The first-order chi connectivity index (χ1) is 19.0. The van der Waals surface area contributed by atoms with E-state index < -0.39 is 12.1 Å². The third-order valence-corrected chi connectivity index (χ3v) is 8.24. The second-order valence-electron chi connectivity index (χ2n) is 10.4. The van der Waals surface area contributed by atoms with Crippen molar-refractivity contribution in [1.82, 2.24) is 14.3 Å². The number of aliphatic hydroxyl groups excluding tert-OH is 1. The van der Waals surface area contributed by atoms with Crippen LogP contribution in [0.2, 0.25) is 10.0 Å². The van der Waals surface area contributed by atoms with E-state index in [4.69, 9.17) is 23.2 Å². The molecule has 3 aromatic carbocycles. The predicted molar refractivity (Wildman–Crippen MR) is 168 cm³/mol. The number of piperazine rings is 1.